The molecule has 0 atom stereocenters. The first-order valence-corrected chi connectivity index (χ1v) is 9.26. The van der Waals surface area contributed by atoms with Crippen molar-refractivity contribution in [3.8, 4) is 5.75 Å². The number of ether oxygens (including phenoxy) is 1. The number of anilines is 2. The van der Waals surface area contributed by atoms with Crippen LogP contribution in [0.15, 0.2) is 60.9 Å². The number of carbonyl (C=O) groups excluding carboxylic acids is 1. The van der Waals surface area contributed by atoms with Crippen molar-refractivity contribution in [2.24, 2.45) is 0 Å². The number of rotatable bonds is 7. The van der Waals surface area contributed by atoms with E-state index in [0.717, 1.165) is 11.3 Å². The number of nitrogens with zero attached hydrogens (tertiary/aromatic N) is 2. The predicted molar refractivity (Wildman–Crippen MR) is 111 cm³/mol. The summed E-state index contributed by atoms with van der Waals surface area (Å²) in [5, 5.41) is 6.68. The van der Waals surface area contributed by atoms with Crippen LogP contribution in [-0.4, -0.2) is 22.0 Å². The van der Waals surface area contributed by atoms with E-state index in [1.165, 1.54) is 6.33 Å². The molecule has 3 rings (SSSR count). The van der Waals surface area contributed by atoms with Gasteiger partial charge < -0.3 is 15.4 Å². The van der Waals surface area contributed by atoms with Gasteiger partial charge in [0.25, 0.3) is 5.91 Å². The van der Waals surface area contributed by atoms with E-state index >= 15 is 0 Å². The Morgan fingerprint density at radius 3 is 2.46 bits per heavy atom. The van der Waals surface area contributed by atoms with Gasteiger partial charge in [0.15, 0.2) is 0 Å². The molecule has 0 aliphatic carbocycles. The maximum Gasteiger partial charge on any atom is 0.274 e. The van der Waals surface area contributed by atoms with Crippen molar-refractivity contribution >= 4 is 29.0 Å². The van der Waals surface area contributed by atoms with Crippen LogP contribution in [0.25, 0.3) is 0 Å². The van der Waals surface area contributed by atoms with Gasteiger partial charge in [-0.1, -0.05) is 23.7 Å². The summed E-state index contributed by atoms with van der Waals surface area (Å²) in [4.78, 5) is 20.7. The van der Waals surface area contributed by atoms with Crippen molar-refractivity contribution < 1.29 is 9.53 Å². The summed E-state index contributed by atoms with van der Waals surface area (Å²) in [7, 11) is 0. The molecule has 28 heavy (non-hydrogen) atoms. The van der Waals surface area contributed by atoms with Crippen LogP contribution in [0.1, 0.15) is 29.9 Å². The van der Waals surface area contributed by atoms with Crippen molar-refractivity contribution in [1.29, 1.82) is 0 Å². The highest BCUT2D eigenvalue weighted by Gasteiger charge is 2.10. The molecule has 0 radical (unpaired) electrons. The summed E-state index contributed by atoms with van der Waals surface area (Å²) >= 11 is 5.89. The molecule has 3 aromatic rings. The first-order valence-electron chi connectivity index (χ1n) is 8.88. The minimum absolute atomic E-state index is 0.0975. The van der Waals surface area contributed by atoms with E-state index in [9.17, 15) is 4.79 Å². The lowest BCUT2D eigenvalue weighted by Crippen LogP contribution is -2.14. The molecule has 144 valence electrons. The van der Waals surface area contributed by atoms with E-state index < -0.39 is 0 Å². The van der Waals surface area contributed by atoms with Crippen LogP contribution in [0.2, 0.25) is 5.02 Å². The Balaban J connectivity index is 1.60. The van der Waals surface area contributed by atoms with Gasteiger partial charge in [-0.05, 0) is 55.8 Å². The van der Waals surface area contributed by atoms with Crippen LogP contribution in [0.4, 0.5) is 11.5 Å². The fraction of sp³-hybridized carbons (Fsp3) is 0.190. The number of nitrogens with one attached hydrogen (secondary N) is 2. The molecule has 0 aliphatic rings. The molecule has 0 fully saturated rings. The van der Waals surface area contributed by atoms with Crippen LogP contribution < -0.4 is 15.4 Å². The van der Waals surface area contributed by atoms with E-state index in [2.05, 4.69) is 20.6 Å². The van der Waals surface area contributed by atoms with Crippen LogP contribution >= 0.6 is 11.6 Å². The van der Waals surface area contributed by atoms with Crippen molar-refractivity contribution in [3.63, 3.8) is 0 Å². The summed E-state index contributed by atoms with van der Waals surface area (Å²) in [6, 6.07) is 16.3. The molecule has 0 saturated heterocycles. The van der Waals surface area contributed by atoms with Crippen molar-refractivity contribution in [1.82, 2.24) is 9.97 Å². The molecule has 1 aromatic heterocycles. The normalized spacial score (nSPS) is 10.6. The molecule has 0 bridgehead atoms. The van der Waals surface area contributed by atoms with Crippen LogP contribution in [0, 0.1) is 0 Å². The van der Waals surface area contributed by atoms with Gasteiger partial charge in [0.2, 0.25) is 0 Å². The molecule has 0 aliphatic heterocycles. The Labute approximate surface area is 168 Å². The highest BCUT2D eigenvalue weighted by atomic mass is 35.5. The second-order valence-electron chi connectivity index (χ2n) is 6.41. The zero-order valence-electron chi connectivity index (χ0n) is 15.6. The number of hydrogen-bond donors (Lipinski definition) is 2. The summed E-state index contributed by atoms with van der Waals surface area (Å²) in [5.74, 6) is 1.01. The summed E-state index contributed by atoms with van der Waals surface area (Å²) in [5.41, 5.74) is 1.99. The average Bonchev–Trinajstić information content (AvgIpc) is 2.69. The van der Waals surface area contributed by atoms with Gasteiger partial charge >= 0.3 is 0 Å². The fourth-order valence-electron chi connectivity index (χ4n) is 2.46. The second kappa shape index (κ2) is 9.19. The van der Waals surface area contributed by atoms with Gasteiger partial charge in [-0.3, -0.25) is 4.79 Å². The van der Waals surface area contributed by atoms with Crippen molar-refractivity contribution in [3.05, 3.63) is 77.2 Å². The quantitative estimate of drug-likeness (QED) is 0.601. The van der Waals surface area contributed by atoms with Gasteiger partial charge in [0.05, 0.1) is 6.10 Å². The summed E-state index contributed by atoms with van der Waals surface area (Å²) < 4.78 is 5.60. The molecular weight excluding hydrogens is 376 g/mol. The third kappa shape index (κ3) is 5.69. The smallest absolute Gasteiger partial charge is 0.274 e. The second-order valence-corrected chi connectivity index (χ2v) is 6.85. The monoisotopic (exact) mass is 396 g/mol. The maximum absolute atomic E-state index is 12.5. The largest absolute Gasteiger partial charge is 0.491 e. The Bertz CT molecular complexity index is 928. The third-order valence-corrected chi connectivity index (χ3v) is 4.02. The average molecular weight is 397 g/mol. The zero-order chi connectivity index (χ0) is 19.9. The molecule has 1 amide bonds. The fourth-order valence-corrected chi connectivity index (χ4v) is 2.58. The SMILES string of the molecule is CC(C)Oc1ccc(NC(=O)c2cc(NCc3ccc(Cl)cc3)ncn2)cc1. The lowest BCUT2D eigenvalue weighted by molar-refractivity contribution is 0.102. The summed E-state index contributed by atoms with van der Waals surface area (Å²) in [6.07, 6.45) is 1.46. The van der Waals surface area contributed by atoms with Crippen LogP contribution in [0.5, 0.6) is 5.75 Å². The first-order chi connectivity index (χ1) is 13.5. The summed E-state index contributed by atoms with van der Waals surface area (Å²) in [6.45, 7) is 4.49. The first kappa shape index (κ1) is 19.6. The van der Waals surface area contributed by atoms with E-state index in [4.69, 9.17) is 16.3 Å². The highest BCUT2D eigenvalue weighted by Crippen LogP contribution is 2.18. The van der Waals surface area contributed by atoms with E-state index in [1.54, 1.807) is 18.2 Å². The number of amides is 1. The molecule has 0 saturated carbocycles. The molecule has 7 heteroatoms. The maximum atomic E-state index is 12.5. The predicted octanol–water partition coefficient (Wildman–Crippen LogP) is 4.78. The minimum Gasteiger partial charge on any atom is -0.491 e. The molecule has 2 N–H and O–H groups in total. The molecule has 1 heterocycles. The highest BCUT2D eigenvalue weighted by molar-refractivity contribution is 6.30. The Kier molecular flexibility index (Phi) is 6.45. The number of aromatic nitrogens is 2. The van der Waals surface area contributed by atoms with Crippen LogP contribution in [0.3, 0.4) is 0 Å². The number of carbonyl (C=O) groups is 1. The van der Waals surface area contributed by atoms with Gasteiger partial charge in [-0.2, -0.15) is 0 Å². The van der Waals surface area contributed by atoms with E-state index in [-0.39, 0.29) is 17.7 Å². The number of hydrogen-bond acceptors (Lipinski definition) is 5. The Morgan fingerprint density at radius 2 is 1.79 bits per heavy atom. The molecule has 2 aromatic carbocycles. The van der Waals surface area contributed by atoms with E-state index in [0.29, 0.717) is 23.1 Å². The lowest BCUT2D eigenvalue weighted by atomic mass is 10.2. The zero-order valence-corrected chi connectivity index (χ0v) is 16.4. The van der Waals surface area contributed by atoms with Gasteiger partial charge in [0.1, 0.15) is 23.6 Å². The standard InChI is InChI=1S/C21H21ClN4O2/c1-14(2)28-18-9-7-17(8-10-18)26-21(27)19-11-20(25-13-24-19)23-12-15-3-5-16(22)6-4-15/h3-11,13-14H,12H2,1-2H3,(H,26,27)(H,23,24,25). The Hall–Kier alpha value is -3.12. The number of benzene rings is 2. The van der Waals surface area contributed by atoms with Gasteiger partial charge in [-0.25, -0.2) is 9.97 Å². The molecule has 0 spiro atoms. The van der Waals surface area contributed by atoms with Crippen LogP contribution in [-0.2, 0) is 6.54 Å². The van der Waals surface area contributed by atoms with Gasteiger partial charge in [-0.15, -0.1) is 0 Å². The molecule has 6 nitrogen and oxygen atoms in total. The third-order valence-electron chi connectivity index (χ3n) is 3.77. The van der Waals surface area contributed by atoms with Gasteiger partial charge in [0, 0.05) is 23.3 Å². The Morgan fingerprint density at radius 1 is 1.07 bits per heavy atom. The number of halogens is 1. The lowest BCUT2D eigenvalue weighted by Gasteiger charge is -2.11. The van der Waals surface area contributed by atoms with Crippen molar-refractivity contribution in [2.75, 3.05) is 10.6 Å². The molecule has 0 unspecified atom stereocenters. The minimum atomic E-state index is -0.311. The van der Waals surface area contributed by atoms with Crippen molar-refractivity contribution in [2.45, 2.75) is 26.5 Å². The van der Waals surface area contributed by atoms with E-state index in [1.807, 2.05) is 50.2 Å². The topological polar surface area (TPSA) is 76.1 Å². The molecular formula is C21H21ClN4O2.